The molecule has 0 saturated heterocycles. The molecule has 4 aromatic rings. The number of phenolic OH excluding ortho intramolecular Hbond substituents is 2. The summed E-state index contributed by atoms with van der Waals surface area (Å²) in [5.74, 6) is -0.575. The summed E-state index contributed by atoms with van der Waals surface area (Å²) in [7, 11) is 2.74. The van der Waals surface area contributed by atoms with Crippen LogP contribution in [0.4, 0.5) is 22.7 Å². The van der Waals surface area contributed by atoms with Gasteiger partial charge in [0, 0.05) is 23.6 Å². The summed E-state index contributed by atoms with van der Waals surface area (Å²) in [5, 5.41) is 42.8. The summed E-state index contributed by atoms with van der Waals surface area (Å²) in [4.78, 5) is 29.6. The van der Waals surface area contributed by atoms with E-state index in [2.05, 4.69) is 9.98 Å². The largest absolute Gasteiger partial charge is 0.502 e. The SMILES string of the molecule is COc1cc(C=Nc2ccc(-c3ccc(N=Cc4cc(OC)cc([N+](=O)[O-])c4O)cc3)cc2)c(O)c([N+](=O)[O-])c1. The molecule has 0 unspecified atom stereocenters. The van der Waals surface area contributed by atoms with Crippen molar-refractivity contribution < 1.29 is 29.5 Å². The van der Waals surface area contributed by atoms with Gasteiger partial charge >= 0.3 is 11.4 Å². The fourth-order valence-corrected chi connectivity index (χ4v) is 3.71. The van der Waals surface area contributed by atoms with Crippen molar-refractivity contribution in [2.45, 2.75) is 0 Å². The van der Waals surface area contributed by atoms with E-state index in [1.807, 2.05) is 24.3 Å². The molecule has 12 heteroatoms. The summed E-state index contributed by atoms with van der Waals surface area (Å²) in [5.41, 5.74) is 2.21. The molecule has 0 aliphatic rings. The predicted molar refractivity (Wildman–Crippen MR) is 149 cm³/mol. The van der Waals surface area contributed by atoms with Crippen LogP contribution in [0.15, 0.2) is 82.8 Å². The highest BCUT2D eigenvalue weighted by Crippen LogP contribution is 2.35. The van der Waals surface area contributed by atoms with Gasteiger partial charge in [0.05, 0.1) is 47.6 Å². The zero-order valence-corrected chi connectivity index (χ0v) is 21.2. The third-order valence-corrected chi connectivity index (χ3v) is 5.82. The predicted octanol–water partition coefficient (Wildman–Crippen LogP) is 6.10. The number of nitro groups is 2. The Morgan fingerprint density at radius 1 is 0.650 bits per heavy atom. The Balaban J connectivity index is 1.50. The molecule has 4 rings (SSSR count). The Morgan fingerprint density at radius 3 is 1.30 bits per heavy atom. The Kier molecular flexibility index (Phi) is 7.99. The van der Waals surface area contributed by atoms with E-state index >= 15 is 0 Å². The van der Waals surface area contributed by atoms with Crippen LogP contribution in [0.2, 0.25) is 0 Å². The van der Waals surface area contributed by atoms with Crippen molar-refractivity contribution in [1.29, 1.82) is 0 Å². The minimum absolute atomic E-state index is 0.142. The summed E-state index contributed by atoms with van der Waals surface area (Å²) < 4.78 is 10.1. The van der Waals surface area contributed by atoms with Crippen molar-refractivity contribution in [2.75, 3.05) is 14.2 Å². The van der Waals surface area contributed by atoms with Crippen LogP contribution in [0.25, 0.3) is 11.1 Å². The van der Waals surface area contributed by atoms with Crippen molar-refractivity contribution in [2.24, 2.45) is 9.98 Å². The van der Waals surface area contributed by atoms with Gasteiger partial charge in [-0.1, -0.05) is 24.3 Å². The Labute approximate surface area is 227 Å². The van der Waals surface area contributed by atoms with Gasteiger partial charge in [0.1, 0.15) is 11.5 Å². The van der Waals surface area contributed by atoms with Crippen molar-refractivity contribution in [3.63, 3.8) is 0 Å². The number of hydrogen-bond acceptors (Lipinski definition) is 10. The molecule has 0 atom stereocenters. The number of nitrogens with zero attached hydrogens (tertiary/aromatic N) is 4. The molecular formula is C28H22N4O8. The zero-order chi connectivity index (χ0) is 28.8. The van der Waals surface area contributed by atoms with Crippen LogP contribution in [0.1, 0.15) is 11.1 Å². The van der Waals surface area contributed by atoms with E-state index < -0.39 is 32.7 Å². The molecule has 0 bridgehead atoms. The van der Waals surface area contributed by atoms with E-state index in [0.29, 0.717) is 11.4 Å². The fourth-order valence-electron chi connectivity index (χ4n) is 3.71. The first kappa shape index (κ1) is 27.3. The number of rotatable bonds is 9. The van der Waals surface area contributed by atoms with Gasteiger partial charge in [0.15, 0.2) is 0 Å². The molecule has 0 radical (unpaired) electrons. The van der Waals surface area contributed by atoms with Gasteiger partial charge in [-0.15, -0.1) is 0 Å². The first-order valence-electron chi connectivity index (χ1n) is 11.6. The highest BCUT2D eigenvalue weighted by atomic mass is 16.6. The first-order valence-corrected chi connectivity index (χ1v) is 11.6. The normalized spacial score (nSPS) is 11.2. The molecule has 0 aromatic heterocycles. The molecule has 0 amide bonds. The average molecular weight is 543 g/mol. The molecule has 0 saturated carbocycles. The van der Waals surface area contributed by atoms with Gasteiger partial charge < -0.3 is 19.7 Å². The zero-order valence-electron chi connectivity index (χ0n) is 21.2. The molecule has 0 aliphatic carbocycles. The lowest BCUT2D eigenvalue weighted by atomic mass is 10.1. The molecule has 0 aliphatic heterocycles. The van der Waals surface area contributed by atoms with E-state index in [1.165, 1.54) is 38.8 Å². The van der Waals surface area contributed by atoms with Gasteiger partial charge in [-0.05, 0) is 47.5 Å². The summed E-state index contributed by atoms with van der Waals surface area (Å²) >= 11 is 0. The highest BCUT2D eigenvalue weighted by molar-refractivity contribution is 5.89. The minimum Gasteiger partial charge on any atom is -0.502 e. The molecule has 40 heavy (non-hydrogen) atoms. The van der Waals surface area contributed by atoms with E-state index in [-0.39, 0.29) is 22.6 Å². The number of aromatic hydroxyl groups is 2. The van der Waals surface area contributed by atoms with Crippen molar-refractivity contribution in [3.8, 4) is 34.1 Å². The van der Waals surface area contributed by atoms with E-state index in [1.54, 1.807) is 24.3 Å². The lowest BCUT2D eigenvalue weighted by molar-refractivity contribution is -0.386. The maximum atomic E-state index is 11.2. The molecular weight excluding hydrogens is 520 g/mol. The number of nitro benzene ring substituents is 2. The maximum Gasteiger partial charge on any atom is 0.315 e. The van der Waals surface area contributed by atoms with Crippen LogP contribution in [-0.4, -0.2) is 46.7 Å². The standard InChI is InChI=1S/C28H22N4O8/c1-39-23-11-19(27(33)25(13-23)31(35)36)15-29-21-7-3-17(4-8-21)18-5-9-22(10-6-18)30-16-20-12-24(40-2)14-26(28(20)34)32(37)38/h3-16,33-34H,1-2H3. The smallest absolute Gasteiger partial charge is 0.315 e. The second-order valence-corrected chi connectivity index (χ2v) is 8.29. The van der Waals surface area contributed by atoms with Crippen LogP contribution in [0, 0.1) is 20.2 Å². The molecule has 12 nitrogen and oxygen atoms in total. The number of methoxy groups -OCH3 is 2. The fraction of sp³-hybridized carbons (Fsp3) is 0.0714. The van der Waals surface area contributed by atoms with Gasteiger partial charge in [-0.25, -0.2) is 0 Å². The third kappa shape index (κ3) is 6.02. The molecule has 2 N–H and O–H groups in total. The van der Waals surface area contributed by atoms with Crippen molar-refractivity contribution >= 4 is 35.2 Å². The van der Waals surface area contributed by atoms with Crippen LogP contribution in [-0.2, 0) is 0 Å². The summed E-state index contributed by atoms with van der Waals surface area (Å²) in [6.07, 6.45) is 2.64. The third-order valence-electron chi connectivity index (χ3n) is 5.82. The number of hydrogen-bond donors (Lipinski definition) is 2. The summed E-state index contributed by atoms with van der Waals surface area (Å²) in [6.45, 7) is 0. The number of phenols is 2. The molecule has 202 valence electrons. The Hall–Kier alpha value is -5.78. The van der Waals surface area contributed by atoms with Crippen LogP contribution >= 0.6 is 0 Å². The number of ether oxygens (including phenoxy) is 2. The molecule has 4 aromatic carbocycles. The van der Waals surface area contributed by atoms with Crippen molar-refractivity contribution in [1.82, 2.24) is 0 Å². The van der Waals surface area contributed by atoms with Crippen LogP contribution in [0.5, 0.6) is 23.0 Å². The number of benzene rings is 4. The van der Waals surface area contributed by atoms with Gasteiger partial charge in [-0.2, -0.15) is 0 Å². The minimum atomic E-state index is -0.699. The quantitative estimate of drug-likeness (QED) is 0.145. The van der Waals surface area contributed by atoms with E-state index in [0.717, 1.165) is 23.3 Å². The van der Waals surface area contributed by atoms with Gasteiger partial charge in [0.2, 0.25) is 11.5 Å². The van der Waals surface area contributed by atoms with Crippen LogP contribution < -0.4 is 9.47 Å². The summed E-state index contributed by atoms with van der Waals surface area (Å²) in [6, 6.07) is 19.5. The average Bonchev–Trinajstić information content (AvgIpc) is 2.96. The van der Waals surface area contributed by atoms with Crippen molar-refractivity contribution in [3.05, 3.63) is 104 Å². The number of aliphatic imine (C=N–C) groups is 2. The monoisotopic (exact) mass is 542 g/mol. The Bertz CT molecular complexity index is 1510. The molecule has 0 heterocycles. The van der Waals surface area contributed by atoms with Crippen LogP contribution in [0.3, 0.4) is 0 Å². The Morgan fingerprint density at radius 2 is 1.00 bits per heavy atom. The van der Waals surface area contributed by atoms with E-state index in [4.69, 9.17) is 9.47 Å². The van der Waals surface area contributed by atoms with Gasteiger partial charge in [0.25, 0.3) is 0 Å². The highest BCUT2D eigenvalue weighted by Gasteiger charge is 2.19. The maximum absolute atomic E-state index is 11.2. The molecule has 0 spiro atoms. The molecule has 0 fully saturated rings. The lowest BCUT2D eigenvalue weighted by Gasteiger charge is -2.06. The second kappa shape index (κ2) is 11.7. The second-order valence-electron chi connectivity index (χ2n) is 8.29. The van der Waals surface area contributed by atoms with E-state index in [9.17, 15) is 30.4 Å². The first-order chi connectivity index (χ1) is 19.2. The van der Waals surface area contributed by atoms with Gasteiger partial charge in [-0.3, -0.25) is 30.2 Å². The topological polar surface area (TPSA) is 170 Å². The lowest BCUT2D eigenvalue weighted by Crippen LogP contribution is -1.94.